The topological polar surface area (TPSA) is 43.4 Å². The van der Waals surface area contributed by atoms with Crippen LogP contribution in [0.4, 0.5) is 0 Å². The molecule has 0 bridgehead atoms. The predicted octanol–water partition coefficient (Wildman–Crippen LogP) is 1.33. The molecule has 0 amide bonds. The molecule has 1 unspecified atom stereocenters. The van der Waals surface area contributed by atoms with Crippen LogP contribution in [-0.4, -0.2) is 18.9 Å². The Balaban J connectivity index is 3.72. The van der Waals surface area contributed by atoms with E-state index in [1.807, 2.05) is 6.92 Å². The highest BCUT2D eigenvalue weighted by atomic mass is 16.5. The van der Waals surface area contributed by atoms with Gasteiger partial charge in [-0.1, -0.05) is 13.0 Å². The summed E-state index contributed by atoms with van der Waals surface area (Å²) in [5.41, 5.74) is 0. The standard InChI is InChI=1S/C9H14O3/c1-3-12-9(11)5-4-8(2)6-7-10/h4-5,7-8H,3,6H2,1-2H3. The molecule has 3 heteroatoms. The second-order valence-corrected chi connectivity index (χ2v) is 2.49. The van der Waals surface area contributed by atoms with Gasteiger partial charge >= 0.3 is 5.97 Å². The van der Waals surface area contributed by atoms with Crippen molar-refractivity contribution < 1.29 is 14.3 Å². The largest absolute Gasteiger partial charge is 0.463 e. The lowest BCUT2D eigenvalue weighted by molar-refractivity contribution is -0.137. The number of rotatable bonds is 5. The number of allylic oxidation sites excluding steroid dienone is 1. The smallest absolute Gasteiger partial charge is 0.330 e. The minimum atomic E-state index is -0.352. The van der Waals surface area contributed by atoms with Crippen molar-refractivity contribution in [3.63, 3.8) is 0 Å². The molecule has 0 aromatic heterocycles. The Labute approximate surface area is 72.4 Å². The molecule has 68 valence electrons. The van der Waals surface area contributed by atoms with Crippen LogP contribution >= 0.6 is 0 Å². The van der Waals surface area contributed by atoms with Gasteiger partial charge < -0.3 is 9.53 Å². The van der Waals surface area contributed by atoms with Crippen LogP contribution in [-0.2, 0) is 14.3 Å². The Morgan fingerprint density at radius 2 is 2.25 bits per heavy atom. The van der Waals surface area contributed by atoms with E-state index in [4.69, 9.17) is 0 Å². The maximum absolute atomic E-state index is 10.8. The van der Waals surface area contributed by atoms with Gasteiger partial charge in [-0.15, -0.1) is 0 Å². The Bertz CT molecular complexity index is 173. The molecule has 0 spiro atoms. The summed E-state index contributed by atoms with van der Waals surface area (Å²) in [5.74, 6) is -0.248. The van der Waals surface area contributed by atoms with Crippen molar-refractivity contribution in [1.29, 1.82) is 0 Å². The quantitative estimate of drug-likeness (QED) is 0.355. The summed E-state index contributed by atoms with van der Waals surface area (Å²) < 4.78 is 4.66. The summed E-state index contributed by atoms with van der Waals surface area (Å²) in [4.78, 5) is 20.8. The van der Waals surface area contributed by atoms with Crippen molar-refractivity contribution >= 4 is 12.3 Å². The number of esters is 1. The molecule has 0 aliphatic rings. The predicted molar refractivity (Wildman–Crippen MR) is 45.6 cm³/mol. The highest BCUT2D eigenvalue weighted by Crippen LogP contribution is 2.00. The van der Waals surface area contributed by atoms with E-state index >= 15 is 0 Å². The molecule has 0 rings (SSSR count). The second kappa shape index (κ2) is 6.58. The molecular formula is C9H14O3. The first-order valence-corrected chi connectivity index (χ1v) is 3.99. The molecule has 12 heavy (non-hydrogen) atoms. The molecule has 0 fully saturated rings. The summed E-state index contributed by atoms with van der Waals surface area (Å²) >= 11 is 0. The van der Waals surface area contributed by atoms with Gasteiger partial charge in [0, 0.05) is 12.5 Å². The van der Waals surface area contributed by atoms with Gasteiger partial charge in [-0.3, -0.25) is 0 Å². The lowest BCUT2D eigenvalue weighted by atomic mass is 10.1. The minimum absolute atomic E-state index is 0.104. The number of carbonyl (C=O) groups excluding carboxylic acids is 2. The van der Waals surface area contributed by atoms with Crippen molar-refractivity contribution in [2.45, 2.75) is 20.3 Å². The molecule has 3 nitrogen and oxygen atoms in total. The molecule has 0 N–H and O–H groups in total. The van der Waals surface area contributed by atoms with Crippen LogP contribution in [0.3, 0.4) is 0 Å². The zero-order valence-corrected chi connectivity index (χ0v) is 7.45. The van der Waals surface area contributed by atoms with Gasteiger partial charge in [-0.2, -0.15) is 0 Å². The lowest BCUT2D eigenvalue weighted by Crippen LogP contribution is -2.00. The van der Waals surface area contributed by atoms with Crippen LogP contribution in [0.25, 0.3) is 0 Å². The molecule has 0 radical (unpaired) electrons. The first kappa shape index (κ1) is 10.9. The molecule has 0 aliphatic carbocycles. The van der Waals surface area contributed by atoms with Crippen molar-refractivity contribution in [2.24, 2.45) is 5.92 Å². The van der Waals surface area contributed by atoms with E-state index in [9.17, 15) is 9.59 Å². The molecule has 0 saturated carbocycles. The van der Waals surface area contributed by atoms with E-state index in [1.165, 1.54) is 6.08 Å². The molecular weight excluding hydrogens is 156 g/mol. The number of hydrogen-bond donors (Lipinski definition) is 0. The molecule has 1 atom stereocenters. The van der Waals surface area contributed by atoms with Crippen molar-refractivity contribution in [2.75, 3.05) is 6.61 Å². The van der Waals surface area contributed by atoms with Crippen molar-refractivity contribution in [1.82, 2.24) is 0 Å². The van der Waals surface area contributed by atoms with E-state index < -0.39 is 0 Å². The summed E-state index contributed by atoms with van der Waals surface area (Å²) in [6.45, 7) is 4.00. The summed E-state index contributed by atoms with van der Waals surface area (Å²) in [7, 11) is 0. The SMILES string of the molecule is CCOC(=O)C=CC(C)CC=O. The molecule has 0 aliphatic heterocycles. The molecule has 0 saturated heterocycles. The van der Waals surface area contributed by atoms with Crippen molar-refractivity contribution in [3.8, 4) is 0 Å². The van der Waals surface area contributed by atoms with Crippen LogP contribution < -0.4 is 0 Å². The summed E-state index contributed by atoms with van der Waals surface area (Å²) in [5, 5.41) is 0. The fourth-order valence-electron chi connectivity index (χ4n) is 0.664. The van der Waals surface area contributed by atoms with E-state index in [-0.39, 0.29) is 11.9 Å². The molecule has 0 heterocycles. The number of carbonyl (C=O) groups is 2. The Kier molecular flexibility index (Phi) is 5.97. The van der Waals surface area contributed by atoms with E-state index in [0.29, 0.717) is 13.0 Å². The fourth-order valence-corrected chi connectivity index (χ4v) is 0.664. The van der Waals surface area contributed by atoms with Gasteiger partial charge in [0.25, 0.3) is 0 Å². The highest BCUT2D eigenvalue weighted by molar-refractivity contribution is 5.81. The number of ether oxygens (including phenoxy) is 1. The minimum Gasteiger partial charge on any atom is -0.463 e. The second-order valence-electron chi connectivity index (χ2n) is 2.49. The third-order valence-electron chi connectivity index (χ3n) is 1.32. The zero-order chi connectivity index (χ0) is 9.40. The molecule has 0 aromatic rings. The first-order valence-electron chi connectivity index (χ1n) is 3.99. The maximum Gasteiger partial charge on any atom is 0.330 e. The summed E-state index contributed by atoms with van der Waals surface area (Å²) in [6.07, 6.45) is 4.31. The fraction of sp³-hybridized carbons (Fsp3) is 0.556. The Hall–Kier alpha value is -1.12. The zero-order valence-electron chi connectivity index (χ0n) is 7.45. The third kappa shape index (κ3) is 5.65. The lowest BCUT2D eigenvalue weighted by Gasteiger charge is -1.98. The van der Waals surface area contributed by atoms with Gasteiger partial charge in [-0.05, 0) is 12.8 Å². The Morgan fingerprint density at radius 1 is 1.58 bits per heavy atom. The number of hydrogen-bond acceptors (Lipinski definition) is 3. The first-order chi connectivity index (χ1) is 5.70. The normalized spacial score (nSPS) is 12.8. The maximum atomic E-state index is 10.8. The van der Waals surface area contributed by atoms with Crippen LogP contribution in [0.1, 0.15) is 20.3 Å². The van der Waals surface area contributed by atoms with Crippen LogP contribution in [0.2, 0.25) is 0 Å². The van der Waals surface area contributed by atoms with Crippen LogP contribution in [0.5, 0.6) is 0 Å². The Morgan fingerprint density at radius 3 is 2.75 bits per heavy atom. The van der Waals surface area contributed by atoms with Gasteiger partial charge in [-0.25, -0.2) is 4.79 Å². The monoisotopic (exact) mass is 170 g/mol. The van der Waals surface area contributed by atoms with E-state index in [2.05, 4.69) is 4.74 Å². The van der Waals surface area contributed by atoms with E-state index in [0.717, 1.165) is 6.29 Å². The van der Waals surface area contributed by atoms with Gasteiger partial charge in [0.05, 0.1) is 6.61 Å². The van der Waals surface area contributed by atoms with Crippen LogP contribution in [0, 0.1) is 5.92 Å². The van der Waals surface area contributed by atoms with E-state index in [1.54, 1.807) is 13.0 Å². The highest BCUT2D eigenvalue weighted by Gasteiger charge is 1.97. The third-order valence-corrected chi connectivity index (χ3v) is 1.32. The van der Waals surface area contributed by atoms with Gasteiger partial charge in [0.1, 0.15) is 6.29 Å². The van der Waals surface area contributed by atoms with Gasteiger partial charge in [0.2, 0.25) is 0 Å². The summed E-state index contributed by atoms with van der Waals surface area (Å²) in [6, 6.07) is 0. The van der Waals surface area contributed by atoms with Crippen molar-refractivity contribution in [3.05, 3.63) is 12.2 Å². The average molecular weight is 170 g/mol. The van der Waals surface area contributed by atoms with Gasteiger partial charge in [0.15, 0.2) is 0 Å². The average Bonchev–Trinajstić information content (AvgIpc) is 2.02. The molecule has 0 aromatic carbocycles. The van der Waals surface area contributed by atoms with Crippen LogP contribution in [0.15, 0.2) is 12.2 Å². The number of aldehydes is 1.